The molecule has 3 N–H and O–H groups in total. The van der Waals surface area contributed by atoms with E-state index >= 15 is 0 Å². The Morgan fingerprint density at radius 2 is 1.42 bits per heavy atom. The van der Waals surface area contributed by atoms with E-state index in [0.717, 1.165) is 16.7 Å². The summed E-state index contributed by atoms with van der Waals surface area (Å²) in [5.41, 5.74) is 2.06. The maximum atomic E-state index is 11.9. The van der Waals surface area contributed by atoms with E-state index in [4.69, 9.17) is 0 Å². The lowest BCUT2D eigenvalue weighted by Crippen LogP contribution is -2.48. The number of benzene rings is 2. The summed E-state index contributed by atoms with van der Waals surface area (Å²) in [6.45, 7) is 0.349. The number of amides is 2. The fraction of sp³-hybridized carbons (Fsp3) is 0.263. The third kappa shape index (κ3) is 3.81. The summed E-state index contributed by atoms with van der Waals surface area (Å²) in [4.78, 5) is 23.7. The molecular formula is C19H20N2O3. The summed E-state index contributed by atoms with van der Waals surface area (Å²) in [7, 11) is 0. The molecule has 5 nitrogen and oxygen atoms in total. The van der Waals surface area contributed by atoms with Crippen LogP contribution >= 0.6 is 0 Å². The molecular weight excluding hydrogens is 304 g/mol. The van der Waals surface area contributed by atoms with Gasteiger partial charge in [-0.3, -0.25) is 9.59 Å². The summed E-state index contributed by atoms with van der Waals surface area (Å²) in [5.74, 6) is -1.42. The van der Waals surface area contributed by atoms with Gasteiger partial charge in [0, 0.05) is 25.9 Å². The second-order valence-electron chi connectivity index (χ2n) is 6.20. The van der Waals surface area contributed by atoms with Crippen LogP contribution in [0.25, 0.3) is 0 Å². The number of rotatable bonds is 4. The first-order valence-electron chi connectivity index (χ1n) is 7.95. The van der Waals surface area contributed by atoms with Crippen LogP contribution in [0, 0.1) is 0 Å². The van der Waals surface area contributed by atoms with Crippen molar-refractivity contribution in [3.05, 3.63) is 71.3 Å². The van der Waals surface area contributed by atoms with Gasteiger partial charge in [0.2, 0.25) is 0 Å². The Bertz CT molecular complexity index is 718. The SMILES string of the molecule is O=C(NCc1ccccc1)C(=O)NCC1(O)Cc2ccccc2C1. The van der Waals surface area contributed by atoms with Gasteiger partial charge in [-0.2, -0.15) is 0 Å². The van der Waals surface area contributed by atoms with Crippen LogP contribution in [0.2, 0.25) is 0 Å². The van der Waals surface area contributed by atoms with Gasteiger partial charge in [0.15, 0.2) is 0 Å². The molecule has 0 heterocycles. The van der Waals surface area contributed by atoms with Gasteiger partial charge < -0.3 is 15.7 Å². The highest BCUT2D eigenvalue weighted by Gasteiger charge is 2.35. The first kappa shape index (κ1) is 16.2. The van der Waals surface area contributed by atoms with E-state index in [-0.39, 0.29) is 6.54 Å². The molecule has 0 saturated carbocycles. The van der Waals surface area contributed by atoms with Gasteiger partial charge in [0.1, 0.15) is 0 Å². The Kier molecular flexibility index (Phi) is 4.62. The van der Waals surface area contributed by atoms with Gasteiger partial charge in [-0.05, 0) is 16.7 Å². The fourth-order valence-electron chi connectivity index (χ4n) is 2.98. The van der Waals surface area contributed by atoms with E-state index in [9.17, 15) is 14.7 Å². The molecule has 0 bridgehead atoms. The Labute approximate surface area is 140 Å². The van der Waals surface area contributed by atoms with Gasteiger partial charge >= 0.3 is 11.8 Å². The zero-order valence-corrected chi connectivity index (χ0v) is 13.3. The maximum absolute atomic E-state index is 11.9. The molecule has 0 unspecified atom stereocenters. The Hall–Kier alpha value is -2.66. The topological polar surface area (TPSA) is 78.4 Å². The molecule has 1 aliphatic carbocycles. The number of nitrogens with one attached hydrogen (secondary N) is 2. The van der Waals surface area contributed by atoms with E-state index in [2.05, 4.69) is 10.6 Å². The standard InChI is InChI=1S/C19H20N2O3/c22-17(20-12-14-6-2-1-3-7-14)18(23)21-13-19(24)10-15-8-4-5-9-16(15)11-19/h1-9,24H,10-13H2,(H,20,22)(H,21,23). The minimum Gasteiger partial charge on any atom is -0.387 e. The Balaban J connectivity index is 1.48. The maximum Gasteiger partial charge on any atom is 0.309 e. The fourth-order valence-corrected chi connectivity index (χ4v) is 2.98. The van der Waals surface area contributed by atoms with Crippen molar-refractivity contribution in [3.63, 3.8) is 0 Å². The van der Waals surface area contributed by atoms with Crippen molar-refractivity contribution in [1.29, 1.82) is 0 Å². The van der Waals surface area contributed by atoms with Crippen LogP contribution in [0.1, 0.15) is 16.7 Å². The molecule has 0 atom stereocenters. The first-order chi connectivity index (χ1) is 11.6. The highest BCUT2D eigenvalue weighted by atomic mass is 16.3. The molecule has 5 heteroatoms. The van der Waals surface area contributed by atoms with Crippen molar-refractivity contribution in [2.24, 2.45) is 0 Å². The van der Waals surface area contributed by atoms with Crippen LogP contribution in [0.4, 0.5) is 0 Å². The predicted molar refractivity (Wildman–Crippen MR) is 90.1 cm³/mol. The third-order valence-electron chi connectivity index (χ3n) is 4.24. The van der Waals surface area contributed by atoms with E-state index in [0.29, 0.717) is 19.4 Å². The van der Waals surface area contributed by atoms with Crippen LogP contribution in [0.3, 0.4) is 0 Å². The summed E-state index contributed by atoms with van der Waals surface area (Å²) in [6.07, 6.45) is 0.962. The predicted octanol–water partition coefficient (Wildman–Crippen LogP) is 0.949. The normalized spacial score (nSPS) is 14.7. The second kappa shape index (κ2) is 6.84. The van der Waals surface area contributed by atoms with Crippen molar-refractivity contribution in [2.75, 3.05) is 6.54 Å². The highest BCUT2D eigenvalue weighted by molar-refractivity contribution is 6.35. The van der Waals surface area contributed by atoms with Gasteiger partial charge in [-0.1, -0.05) is 54.6 Å². The third-order valence-corrected chi connectivity index (χ3v) is 4.24. The summed E-state index contributed by atoms with van der Waals surface area (Å²) >= 11 is 0. The molecule has 124 valence electrons. The molecule has 0 spiro atoms. The molecule has 2 aromatic rings. The smallest absolute Gasteiger partial charge is 0.309 e. The summed E-state index contributed by atoms with van der Waals surface area (Å²) < 4.78 is 0. The molecule has 1 aliphatic rings. The van der Waals surface area contributed by atoms with Crippen molar-refractivity contribution in [1.82, 2.24) is 10.6 Å². The number of carbonyl (C=O) groups is 2. The number of hydrogen-bond acceptors (Lipinski definition) is 3. The molecule has 2 amide bonds. The van der Waals surface area contributed by atoms with Crippen LogP contribution < -0.4 is 10.6 Å². The number of carbonyl (C=O) groups excluding carboxylic acids is 2. The molecule has 0 fully saturated rings. The molecule has 0 aromatic heterocycles. The average Bonchev–Trinajstić information content (AvgIpc) is 2.95. The van der Waals surface area contributed by atoms with Crippen molar-refractivity contribution in [2.45, 2.75) is 25.0 Å². The lowest BCUT2D eigenvalue weighted by molar-refractivity contribution is -0.139. The molecule has 3 rings (SSSR count). The Morgan fingerprint density at radius 3 is 2.04 bits per heavy atom. The molecule has 24 heavy (non-hydrogen) atoms. The van der Waals surface area contributed by atoms with Gasteiger partial charge in [-0.15, -0.1) is 0 Å². The van der Waals surface area contributed by atoms with Crippen molar-refractivity contribution < 1.29 is 14.7 Å². The minimum absolute atomic E-state index is 0.0548. The number of hydrogen-bond donors (Lipinski definition) is 3. The molecule has 0 saturated heterocycles. The molecule has 0 aliphatic heterocycles. The highest BCUT2D eigenvalue weighted by Crippen LogP contribution is 2.29. The van der Waals surface area contributed by atoms with E-state index in [1.165, 1.54) is 0 Å². The number of fused-ring (bicyclic) bond motifs is 1. The monoisotopic (exact) mass is 324 g/mol. The minimum atomic E-state index is -1.03. The quantitative estimate of drug-likeness (QED) is 0.733. The van der Waals surface area contributed by atoms with Crippen molar-refractivity contribution in [3.8, 4) is 0 Å². The zero-order chi connectivity index (χ0) is 17.0. The van der Waals surface area contributed by atoms with Crippen molar-refractivity contribution >= 4 is 11.8 Å². The lowest BCUT2D eigenvalue weighted by Gasteiger charge is -2.22. The van der Waals surface area contributed by atoms with Crippen LogP contribution in [-0.4, -0.2) is 29.1 Å². The molecule has 2 aromatic carbocycles. The summed E-state index contributed by atoms with van der Waals surface area (Å²) in [6, 6.07) is 17.2. The van der Waals surface area contributed by atoms with Gasteiger partial charge in [0.05, 0.1) is 5.60 Å². The zero-order valence-electron chi connectivity index (χ0n) is 13.3. The van der Waals surface area contributed by atoms with E-state index < -0.39 is 17.4 Å². The second-order valence-corrected chi connectivity index (χ2v) is 6.20. The lowest BCUT2D eigenvalue weighted by atomic mass is 10.0. The summed E-state index contributed by atoms with van der Waals surface area (Å²) in [5, 5.41) is 15.7. The van der Waals surface area contributed by atoms with E-state index in [1.54, 1.807) is 0 Å². The molecule has 0 radical (unpaired) electrons. The van der Waals surface area contributed by atoms with Crippen LogP contribution in [0.5, 0.6) is 0 Å². The van der Waals surface area contributed by atoms with Crippen LogP contribution in [-0.2, 0) is 29.0 Å². The Morgan fingerprint density at radius 1 is 0.875 bits per heavy atom. The van der Waals surface area contributed by atoms with E-state index in [1.807, 2.05) is 54.6 Å². The number of aliphatic hydroxyl groups is 1. The average molecular weight is 324 g/mol. The van der Waals surface area contributed by atoms with Gasteiger partial charge in [0.25, 0.3) is 0 Å². The van der Waals surface area contributed by atoms with Gasteiger partial charge in [-0.25, -0.2) is 0 Å². The largest absolute Gasteiger partial charge is 0.387 e. The van der Waals surface area contributed by atoms with Crippen LogP contribution in [0.15, 0.2) is 54.6 Å². The first-order valence-corrected chi connectivity index (χ1v) is 7.95.